The maximum atomic E-state index is 11.4. The van der Waals surface area contributed by atoms with Gasteiger partial charge in [-0.05, 0) is 24.3 Å². The van der Waals surface area contributed by atoms with Crippen LogP contribution in [0.25, 0.3) is 38.8 Å². The summed E-state index contributed by atoms with van der Waals surface area (Å²) in [5.74, 6) is 0.582. The summed E-state index contributed by atoms with van der Waals surface area (Å²) in [5, 5.41) is 28.6. The summed E-state index contributed by atoms with van der Waals surface area (Å²) in [6, 6.07) is 17.7. The summed E-state index contributed by atoms with van der Waals surface area (Å²) in [5.41, 5.74) is 2.90. The maximum Gasteiger partial charge on any atom is 0.271 e. The Balaban J connectivity index is 1.85. The van der Waals surface area contributed by atoms with Crippen LogP contribution < -0.4 is 4.74 Å². The van der Waals surface area contributed by atoms with Crippen molar-refractivity contribution in [1.82, 2.24) is 14.8 Å². The van der Waals surface area contributed by atoms with Crippen molar-refractivity contribution in [3.8, 4) is 22.7 Å². The molecule has 0 unspecified atom stereocenters. The lowest BCUT2D eigenvalue weighted by molar-refractivity contribution is -0.385. The molecular weight excluding hydrogens is 426 g/mol. The molecule has 0 radical (unpaired) electrons. The van der Waals surface area contributed by atoms with Crippen LogP contribution in [-0.2, 0) is 0 Å². The van der Waals surface area contributed by atoms with Crippen LogP contribution in [0.4, 0.5) is 11.4 Å². The lowest BCUT2D eigenvalue weighted by Crippen LogP contribution is -1.99. The smallest absolute Gasteiger partial charge is 0.271 e. The summed E-state index contributed by atoms with van der Waals surface area (Å²) in [7, 11) is 1.56. The third kappa shape index (κ3) is 3.30. The number of hydrogen-bond acceptors (Lipinski definition) is 7. The third-order valence-corrected chi connectivity index (χ3v) is 5.36. The molecule has 10 nitrogen and oxygen atoms in total. The molecule has 0 bridgehead atoms. The highest BCUT2D eigenvalue weighted by Gasteiger charge is 2.20. The second-order valence-corrected chi connectivity index (χ2v) is 7.22. The highest BCUT2D eigenvalue weighted by molar-refractivity contribution is 6.10. The number of aromatic nitrogens is 3. The summed E-state index contributed by atoms with van der Waals surface area (Å²) in [6.07, 6.45) is 1.66. The second kappa shape index (κ2) is 7.68. The van der Waals surface area contributed by atoms with Crippen molar-refractivity contribution < 1.29 is 14.6 Å². The number of nitrogens with zero attached hydrogens (tertiary/aromatic N) is 5. The molecule has 0 saturated carbocycles. The van der Waals surface area contributed by atoms with Crippen LogP contribution in [0.5, 0.6) is 5.75 Å². The Bertz CT molecular complexity index is 1560. The molecule has 0 N–H and O–H groups in total. The van der Waals surface area contributed by atoms with Crippen molar-refractivity contribution in [3.63, 3.8) is 0 Å². The fourth-order valence-electron chi connectivity index (χ4n) is 3.83. The van der Waals surface area contributed by atoms with E-state index in [9.17, 15) is 20.2 Å². The summed E-state index contributed by atoms with van der Waals surface area (Å²) < 4.78 is 7.08. The zero-order chi connectivity index (χ0) is 23.1. The van der Waals surface area contributed by atoms with E-state index in [1.54, 1.807) is 48.3 Å². The van der Waals surface area contributed by atoms with Gasteiger partial charge in [0.05, 0.1) is 28.2 Å². The van der Waals surface area contributed by atoms with Gasteiger partial charge in [0.15, 0.2) is 0 Å². The van der Waals surface area contributed by atoms with E-state index in [-0.39, 0.29) is 11.4 Å². The number of pyridine rings is 1. The zero-order valence-electron chi connectivity index (χ0n) is 17.2. The van der Waals surface area contributed by atoms with Crippen molar-refractivity contribution in [2.45, 2.75) is 0 Å². The van der Waals surface area contributed by atoms with E-state index < -0.39 is 9.85 Å². The molecule has 5 aromatic rings. The third-order valence-electron chi connectivity index (χ3n) is 5.36. The highest BCUT2D eigenvalue weighted by atomic mass is 16.6. The van der Waals surface area contributed by atoms with E-state index in [1.165, 1.54) is 24.3 Å². The Kier molecular flexibility index (Phi) is 4.67. The average Bonchev–Trinajstić information content (AvgIpc) is 3.24. The molecule has 0 amide bonds. The van der Waals surface area contributed by atoms with Crippen molar-refractivity contribution in [2.24, 2.45) is 0 Å². The predicted octanol–water partition coefficient (Wildman–Crippen LogP) is 5.07. The van der Waals surface area contributed by atoms with E-state index in [0.29, 0.717) is 39.1 Å². The zero-order valence-corrected chi connectivity index (χ0v) is 17.2. The highest BCUT2D eigenvalue weighted by Crippen LogP contribution is 2.36. The van der Waals surface area contributed by atoms with E-state index in [4.69, 9.17) is 9.84 Å². The molecule has 162 valence electrons. The number of nitro groups is 2. The summed E-state index contributed by atoms with van der Waals surface area (Å²) in [4.78, 5) is 26.0. The normalized spacial score (nSPS) is 11.1. The van der Waals surface area contributed by atoms with Crippen molar-refractivity contribution in [3.05, 3.63) is 93.2 Å². The van der Waals surface area contributed by atoms with Crippen LogP contribution in [0.1, 0.15) is 0 Å². The van der Waals surface area contributed by atoms with Crippen LogP contribution in [-0.4, -0.2) is 31.7 Å². The molecule has 10 heteroatoms. The number of fused-ring (bicyclic) bond motifs is 3. The molecule has 5 rings (SSSR count). The van der Waals surface area contributed by atoms with Gasteiger partial charge in [0.1, 0.15) is 17.0 Å². The molecular formula is C23H15N5O5. The first-order valence-corrected chi connectivity index (χ1v) is 9.82. The Hall–Kier alpha value is -4.86. The number of ether oxygens (including phenoxy) is 1. The van der Waals surface area contributed by atoms with E-state index >= 15 is 0 Å². The maximum absolute atomic E-state index is 11.4. The molecule has 0 saturated heterocycles. The molecule has 0 atom stereocenters. The van der Waals surface area contributed by atoms with Crippen LogP contribution in [0.15, 0.2) is 72.9 Å². The second-order valence-electron chi connectivity index (χ2n) is 7.22. The number of non-ortho nitro benzene ring substituents is 2. The van der Waals surface area contributed by atoms with Crippen molar-refractivity contribution in [1.29, 1.82) is 0 Å². The SMILES string of the molecule is COc1cccc2c1ncc1c(-c3ccc([N+](=O)[O-])cc3)nn(-c3cccc([N+](=O)[O-])c3)c12. The first kappa shape index (κ1) is 20.1. The standard InChI is InChI=1S/C23H15N5O5/c1-33-20-7-3-6-18-22(20)24-13-19-21(14-8-10-15(11-9-14)27(29)30)25-26(23(18)19)16-4-2-5-17(12-16)28(31)32/h2-13H,1H3. The fraction of sp³-hybridized carbons (Fsp3) is 0.0435. The summed E-state index contributed by atoms with van der Waals surface area (Å²) >= 11 is 0. The minimum atomic E-state index is -0.467. The number of hydrogen-bond donors (Lipinski definition) is 0. The van der Waals surface area contributed by atoms with Gasteiger partial charge in [-0.15, -0.1) is 0 Å². The Labute approximate surface area is 186 Å². The van der Waals surface area contributed by atoms with Gasteiger partial charge in [-0.25, -0.2) is 4.68 Å². The molecule has 2 heterocycles. The predicted molar refractivity (Wildman–Crippen MR) is 122 cm³/mol. The molecule has 0 aliphatic heterocycles. The summed E-state index contributed by atoms with van der Waals surface area (Å²) in [6.45, 7) is 0. The topological polar surface area (TPSA) is 126 Å². The Morgan fingerprint density at radius 2 is 1.61 bits per heavy atom. The van der Waals surface area contributed by atoms with Gasteiger partial charge in [-0.3, -0.25) is 25.2 Å². The van der Waals surface area contributed by atoms with Crippen molar-refractivity contribution >= 4 is 33.2 Å². The van der Waals surface area contributed by atoms with Crippen LogP contribution in [0, 0.1) is 20.2 Å². The number of methoxy groups -OCH3 is 1. The van der Waals surface area contributed by atoms with Crippen LogP contribution in [0.3, 0.4) is 0 Å². The first-order chi connectivity index (χ1) is 16.0. The average molecular weight is 441 g/mol. The van der Waals surface area contributed by atoms with Gasteiger partial charge in [-0.2, -0.15) is 5.10 Å². The number of nitro benzene ring substituents is 2. The van der Waals surface area contributed by atoms with Crippen LogP contribution in [0.2, 0.25) is 0 Å². The molecule has 3 aromatic carbocycles. The number of rotatable bonds is 5. The van der Waals surface area contributed by atoms with E-state index in [1.807, 2.05) is 12.1 Å². The van der Waals surface area contributed by atoms with E-state index in [2.05, 4.69) is 4.98 Å². The molecule has 0 fully saturated rings. The van der Waals surface area contributed by atoms with Crippen LogP contribution >= 0.6 is 0 Å². The molecule has 0 aliphatic rings. The molecule has 2 aromatic heterocycles. The molecule has 33 heavy (non-hydrogen) atoms. The lowest BCUT2D eigenvalue weighted by Gasteiger charge is -2.08. The Morgan fingerprint density at radius 1 is 0.879 bits per heavy atom. The number of benzene rings is 3. The van der Waals surface area contributed by atoms with Gasteiger partial charge in [0.2, 0.25) is 0 Å². The Morgan fingerprint density at radius 3 is 2.30 bits per heavy atom. The van der Waals surface area contributed by atoms with Gasteiger partial charge >= 0.3 is 0 Å². The largest absolute Gasteiger partial charge is 0.494 e. The molecule has 0 aliphatic carbocycles. The minimum Gasteiger partial charge on any atom is -0.494 e. The van der Waals surface area contributed by atoms with E-state index in [0.717, 1.165) is 5.39 Å². The van der Waals surface area contributed by atoms with Gasteiger partial charge in [0.25, 0.3) is 11.4 Å². The number of para-hydroxylation sites is 1. The lowest BCUT2D eigenvalue weighted by atomic mass is 10.1. The van der Waals surface area contributed by atoms with Gasteiger partial charge < -0.3 is 4.74 Å². The fourth-order valence-corrected chi connectivity index (χ4v) is 3.83. The first-order valence-electron chi connectivity index (χ1n) is 9.82. The van der Waals surface area contributed by atoms with Gasteiger partial charge in [0, 0.05) is 46.8 Å². The quantitative estimate of drug-likeness (QED) is 0.275. The molecule has 0 spiro atoms. The monoisotopic (exact) mass is 441 g/mol. The van der Waals surface area contributed by atoms with Crippen molar-refractivity contribution in [2.75, 3.05) is 7.11 Å². The minimum absolute atomic E-state index is 0.0329. The van der Waals surface area contributed by atoms with Gasteiger partial charge in [-0.1, -0.05) is 18.2 Å².